The van der Waals surface area contributed by atoms with Gasteiger partial charge in [-0.2, -0.15) is 15.1 Å². The maximum atomic E-state index is 12.2. The number of carbonyl (C=O) groups excluding carboxylic acids is 1. The molecule has 0 saturated carbocycles. The van der Waals surface area contributed by atoms with Crippen molar-refractivity contribution in [1.82, 2.24) is 5.01 Å². The first kappa shape index (κ1) is 15.1. The van der Waals surface area contributed by atoms with Crippen molar-refractivity contribution in [2.75, 3.05) is 7.11 Å². The molecule has 0 N–H and O–H groups in total. The van der Waals surface area contributed by atoms with Crippen molar-refractivity contribution in [3.05, 3.63) is 35.5 Å². The van der Waals surface area contributed by atoms with Crippen molar-refractivity contribution in [3.8, 4) is 5.75 Å². The van der Waals surface area contributed by atoms with E-state index in [1.54, 1.807) is 13.2 Å². The number of nitrogens with zero attached hydrogens (tertiary/aromatic N) is 4. The molecule has 1 aromatic rings. The van der Waals surface area contributed by atoms with Gasteiger partial charge in [0.1, 0.15) is 11.4 Å². The largest absolute Gasteiger partial charge is 0.497 e. The van der Waals surface area contributed by atoms with Crippen LogP contribution in [0.15, 0.2) is 45.0 Å². The van der Waals surface area contributed by atoms with Crippen LogP contribution in [-0.2, 0) is 4.79 Å². The maximum Gasteiger partial charge on any atom is 0.299 e. The van der Waals surface area contributed by atoms with Crippen molar-refractivity contribution < 1.29 is 9.53 Å². The topological polar surface area (TPSA) is 66.6 Å². The summed E-state index contributed by atoms with van der Waals surface area (Å²) >= 11 is 0. The fourth-order valence-corrected chi connectivity index (χ4v) is 2.47. The number of amides is 1. The average molecular weight is 310 g/mol. The van der Waals surface area contributed by atoms with Crippen molar-refractivity contribution in [3.63, 3.8) is 0 Å². The molecule has 0 bridgehead atoms. The molecule has 118 valence electrons. The molecule has 0 aliphatic carbocycles. The lowest BCUT2D eigenvalue weighted by molar-refractivity contribution is -0.114. The van der Waals surface area contributed by atoms with Crippen LogP contribution in [0.4, 0.5) is 0 Å². The lowest BCUT2D eigenvalue weighted by atomic mass is 10.1. The predicted molar refractivity (Wildman–Crippen MR) is 90.7 cm³/mol. The fraction of sp³-hybridized carbons (Fsp3) is 0.294. The third-order valence-electron chi connectivity index (χ3n) is 3.72. The normalized spacial score (nSPS) is 18.6. The van der Waals surface area contributed by atoms with Crippen LogP contribution in [0, 0.1) is 0 Å². The van der Waals surface area contributed by atoms with Crippen molar-refractivity contribution >= 4 is 29.4 Å². The minimum absolute atomic E-state index is 0.323. The lowest BCUT2D eigenvalue weighted by Gasteiger charge is -2.20. The number of rotatable bonds is 4. The number of hydrogen-bond acceptors (Lipinski definition) is 5. The smallest absolute Gasteiger partial charge is 0.299 e. The van der Waals surface area contributed by atoms with E-state index in [1.807, 2.05) is 38.1 Å². The number of hydrazone groups is 1. The van der Waals surface area contributed by atoms with Gasteiger partial charge >= 0.3 is 0 Å². The summed E-state index contributed by atoms with van der Waals surface area (Å²) < 4.78 is 5.14. The van der Waals surface area contributed by atoms with Crippen LogP contribution in [0.5, 0.6) is 5.75 Å². The third kappa shape index (κ3) is 2.79. The minimum Gasteiger partial charge on any atom is -0.497 e. The van der Waals surface area contributed by atoms with E-state index >= 15 is 0 Å². The lowest BCUT2D eigenvalue weighted by Crippen LogP contribution is -2.30. The quantitative estimate of drug-likeness (QED) is 0.803. The van der Waals surface area contributed by atoms with Gasteiger partial charge in [-0.25, -0.2) is 4.99 Å². The first-order chi connectivity index (χ1) is 11.2. The minimum atomic E-state index is -0.323. The number of guanidine groups is 1. The van der Waals surface area contributed by atoms with E-state index in [9.17, 15) is 4.79 Å². The highest BCUT2D eigenvalue weighted by Gasteiger charge is 2.33. The Morgan fingerprint density at radius 2 is 1.78 bits per heavy atom. The van der Waals surface area contributed by atoms with Gasteiger partial charge in [-0.05, 0) is 36.6 Å². The summed E-state index contributed by atoms with van der Waals surface area (Å²) in [6.45, 7) is 4.04. The van der Waals surface area contributed by atoms with Crippen molar-refractivity contribution in [1.29, 1.82) is 0 Å². The van der Waals surface area contributed by atoms with E-state index in [2.05, 4.69) is 15.1 Å². The molecule has 2 aliphatic heterocycles. The first-order valence-corrected chi connectivity index (χ1v) is 7.60. The Kier molecular flexibility index (Phi) is 4.06. The number of benzene rings is 1. The fourth-order valence-electron chi connectivity index (χ4n) is 2.47. The first-order valence-electron chi connectivity index (χ1n) is 7.60. The van der Waals surface area contributed by atoms with Gasteiger partial charge in [0.2, 0.25) is 0 Å². The van der Waals surface area contributed by atoms with Gasteiger partial charge < -0.3 is 4.74 Å². The van der Waals surface area contributed by atoms with E-state index in [0.717, 1.165) is 35.6 Å². The Labute approximate surface area is 134 Å². The molecule has 0 atom stereocenters. The summed E-state index contributed by atoms with van der Waals surface area (Å²) in [5.41, 5.74) is 3.07. The van der Waals surface area contributed by atoms with Crippen LogP contribution < -0.4 is 4.74 Å². The second kappa shape index (κ2) is 6.16. The van der Waals surface area contributed by atoms with E-state index < -0.39 is 0 Å². The van der Waals surface area contributed by atoms with Crippen LogP contribution in [0.3, 0.4) is 0 Å². The number of hydrogen-bond donors (Lipinski definition) is 0. The maximum absolute atomic E-state index is 12.2. The zero-order valence-corrected chi connectivity index (χ0v) is 13.4. The number of ether oxygens (including phenoxy) is 1. The van der Waals surface area contributed by atoms with Crippen molar-refractivity contribution in [2.45, 2.75) is 26.7 Å². The van der Waals surface area contributed by atoms with Crippen LogP contribution in [0.25, 0.3) is 6.08 Å². The summed E-state index contributed by atoms with van der Waals surface area (Å²) in [7, 11) is 1.62. The van der Waals surface area contributed by atoms with Crippen LogP contribution in [0.2, 0.25) is 0 Å². The molecule has 23 heavy (non-hydrogen) atoms. The summed E-state index contributed by atoms with van der Waals surface area (Å²) in [5, 5.41) is 6.08. The number of aliphatic imine (C=N–C) groups is 2. The molecule has 0 radical (unpaired) electrons. The van der Waals surface area contributed by atoms with E-state index in [0.29, 0.717) is 11.7 Å². The summed E-state index contributed by atoms with van der Waals surface area (Å²) in [5.74, 6) is 0.795. The monoisotopic (exact) mass is 310 g/mol. The Hall–Kier alpha value is -2.76. The third-order valence-corrected chi connectivity index (χ3v) is 3.72. The summed E-state index contributed by atoms with van der Waals surface area (Å²) in [6, 6.07) is 7.45. The zero-order chi connectivity index (χ0) is 16.4. The molecule has 0 unspecified atom stereocenters. The summed E-state index contributed by atoms with van der Waals surface area (Å²) in [4.78, 5) is 20.7. The highest BCUT2D eigenvalue weighted by atomic mass is 16.5. The average Bonchev–Trinajstić information content (AvgIpc) is 2.89. The highest BCUT2D eigenvalue weighted by molar-refractivity contribution is 6.45. The van der Waals surface area contributed by atoms with Gasteiger partial charge in [0, 0.05) is 0 Å². The number of fused-ring (bicyclic) bond motifs is 1. The molecular formula is C17H18N4O2. The van der Waals surface area contributed by atoms with Crippen LogP contribution in [-0.4, -0.2) is 35.4 Å². The van der Waals surface area contributed by atoms with Gasteiger partial charge in [-0.1, -0.05) is 26.0 Å². The van der Waals surface area contributed by atoms with Gasteiger partial charge in [-0.15, -0.1) is 0 Å². The number of carbonyl (C=O) groups is 1. The Balaban J connectivity index is 1.96. The van der Waals surface area contributed by atoms with Crippen LogP contribution in [0.1, 0.15) is 32.3 Å². The van der Waals surface area contributed by atoms with Gasteiger partial charge in [0.15, 0.2) is 0 Å². The highest BCUT2D eigenvalue weighted by Crippen LogP contribution is 2.24. The Morgan fingerprint density at radius 1 is 1.09 bits per heavy atom. The Morgan fingerprint density at radius 3 is 2.39 bits per heavy atom. The van der Waals surface area contributed by atoms with E-state index in [1.165, 1.54) is 5.01 Å². The molecular weight excluding hydrogens is 292 g/mol. The number of methoxy groups -OCH3 is 1. The molecule has 3 rings (SSSR count). The van der Waals surface area contributed by atoms with Crippen LogP contribution >= 0.6 is 0 Å². The molecule has 0 saturated heterocycles. The second-order valence-corrected chi connectivity index (χ2v) is 5.14. The van der Waals surface area contributed by atoms with Gasteiger partial charge in [0.05, 0.1) is 18.5 Å². The zero-order valence-electron chi connectivity index (χ0n) is 13.4. The molecule has 0 spiro atoms. The molecule has 6 nitrogen and oxygen atoms in total. The van der Waals surface area contributed by atoms with E-state index in [-0.39, 0.29) is 5.91 Å². The molecule has 0 fully saturated rings. The molecule has 6 heteroatoms. The molecule has 2 aliphatic rings. The SMILES string of the molecule is CCC1=NC2=NC(=O)C(=Cc3ccc(OC)cc3)N2N=C1CC. The van der Waals surface area contributed by atoms with Gasteiger partial charge in [0.25, 0.3) is 11.9 Å². The second-order valence-electron chi connectivity index (χ2n) is 5.14. The molecule has 1 amide bonds. The van der Waals surface area contributed by atoms with Gasteiger partial charge in [-0.3, -0.25) is 4.79 Å². The molecule has 0 aromatic heterocycles. The summed E-state index contributed by atoms with van der Waals surface area (Å²) in [6.07, 6.45) is 3.30. The molecule has 1 aromatic carbocycles. The van der Waals surface area contributed by atoms with Crippen molar-refractivity contribution in [2.24, 2.45) is 15.1 Å². The predicted octanol–water partition coefficient (Wildman–Crippen LogP) is 2.86. The standard InChI is InChI=1S/C17H18N4O2/c1-4-13-14(5-2)20-21-15(16(22)19-17(21)18-13)10-11-6-8-12(23-3)9-7-11/h6-10H,4-5H2,1-3H3. The molecule has 2 heterocycles. The Bertz CT molecular complexity index is 757. The van der Waals surface area contributed by atoms with E-state index in [4.69, 9.17) is 4.74 Å².